The molecule has 22 heteroatoms. The lowest BCUT2D eigenvalue weighted by atomic mass is 9.97. The average Bonchev–Trinajstić information content (AvgIpc) is 3.05. The molecule has 0 amide bonds. The topological polar surface area (TPSA) is 363 Å². The molecular weight excluding hydrogens is 688 g/mol. The predicted octanol–water partition coefficient (Wildman–Crippen LogP) is -5.34. The maximum atomic E-state index is 12.6. The standard InChI is InChI=1S/C28H34O22/c29-7-12-17(35)20(38)24(48-14(32)4-2-9-1-3-10(30)11(31)5-9)28(47-12)50-23-19(37)18(36)13(46-27(23)44)8-45-15(33)6-16(34)49-22(26(42)43)21(39)25(40)41/h1-5,12-13,17-24,27-31,35-39,44H,6-8H2,(H,40,41)(H,42,43)/b4-2+/t12-,13-,17-,18+,19+,20+,21?,22?,23-,24-,27-,28+/m1/s1. The van der Waals surface area contributed by atoms with E-state index in [4.69, 9.17) is 33.9 Å². The minimum Gasteiger partial charge on any atom is -0.504 e. The van der Waals surface area contributed by atoms with Crippen LogP contribution >= 0.6 is 0 Å². The maximum absolute atomic E-state index is 12.6. The SMILES string of the molecule is O=C(/C=C/c1ccc(O)c(O)c1)O[C@H]1[C@H](O[C@@H]2[C@@H](O)[C@@H](O)[C@@H](COC(=O)CC(=O)OC(C(=O)O)C(O)C(=O)O)O[C@H]2O)O[C@H](CO)[C@@H](O)[C@@H]1O. The highest BCUT2D eigenvalue weighted by Gasteiger charge is 2.52. The van der Waals surface area contributed by atoms with E-state index in [1.165, 1.54) is 6.07 Å². The third-order valence-electron chi connectivity index (χ3n) is 7.18. The summed E-state index contributed by atoms with van der Waals surface area (Å²) in [5, 5.41) is 108. The van der Waals surface area contributed by atoms with Crippen LogP contribution in [0.1, 0.15) is 12.0 Å². The second kappa shape index (κ2) is 17.4. The summed E-state index contributed by atoms with van der Waals surface area (Å²) < 4.78 is 30.1. The Labute approximate surface area is 279 Å². The van der Waals surface area contributed by atoms with Crippen molar-refractivity contribution >= 4 is 35.9 Å². The lowest BCUT2D eigenvalue weighted by molar-refractivity contribution is -0.362. The van der Waals surface area contributed by atoms with Crippen molar-refractivity contribution in [3.8, 4) is 11.5 Å². The van der Waals surface area contributed by atoms with Crippen molar-refractivity contribution in [1.29, 1.82) is 0 Å². The fourth-order valence-electron chi connectivity index (χ4n) is 4.54. The Bertz CT molecular complexity index is 1410. The number of hydrogen-bond acceptors (Lipinski definition) is 20. The van der Waals surface area contributed by atoms with E-state index >= 15 is 0 Å². The van der Waals surface area contributed by atoms with Gasteiger partial charge in [-0.15, -0.1) is 0 Å². The summed E-state index contributed by atoms with van der Waals surface area (Å²) in [7, 11) is 0. The van der Waals surface area contributed by atoms with Crippen molar-refractivity contribution in [1.82, 2.24) is 0 Å². The molecule has 0 spiro atoms. The van der Waals surface area contributed by atoms with Gasteiger partial charge in [-0.2, -0.15) is 0 Å². The molecule has 0 saturated carbocycles. The number of aliphatic hydroxyl groups is 7. The van der Waals surface area contributed by atoms with Gasteiger partial charge in [0.05, 0.1) is 6.61 Å². The second-order valence-corrected chi connectivity index (χ2v) is 10.7. The number of rotatable bonds is 14. The van der Waals surface area contributed by atoms with Crippen LogP contribution in [0.15, 0.2) is 24.3 Å². The zero-order valence-electron chi connectivity index (χ0n) is 25.3. The van der Waals surface area contributed by atoms with Gasteiger partial charge in [-0.25, -0.2) is 14.4 Å². The first-order valence-corrected chi connectivity index (χ1v) is 14.3. The van der Waals surface area contributed by atoms with Crippen LogP contribution in [0.4, 0.5) is 0 Å². The molecule has 0 aliphatic carbocycles. The van der Waals surface area contributed by atoms with E-state index in [2.05, 4.69) is 4.74 Å². The molecule has 0 bridgehead atoms. The number of esters is 3. The van der Waals surface area contributed by atoms with Crippen LogP contribution in [0.2, 0.25) is 0 Å². The summed E-state index contributed by atoms with van der Waals surface area (Å²) in [5.74, 6) is -9.22. The molecule has 11 N–H and O–H groups in total. The van der Waals surface area contributed by atoms with Crippen LogP contribution in [0.5, 0.6) is 11.5 Å². The Morgan fingerprint density at radius 2 is 1.46 bits per heavy atom. The molecule has 2 fully saturated rings. The first-order chi connectivity index (χ1) is 23.4. The van der Waals surface area contributed by atoms with Crippen molar-refractivity contribution in [2.75, 3.05) is 13.2 Å². The molecule has 2 heterocycles. The summed E-state index contributed by atoms with van der Waals surface area (Å²) in [4.78, 5) is 58.4. The molecule has 12 atom stereocenters. The third kappa shape index (κ3) is 10.0. The molecule has 2 saturated heterocycles. The molecular formula is C28H34O22. The number of carbonyl (C=O) groups is 5. The Balaban J connectivity index is 1.63. The first kappa shape index (κ1) is 39.9. The molecule has 0 aromatic heterocycles. The number of aliphatic hydroxyl groups excluding tert-OH is 7. The van der Waals surface area contributed by atoms with Gasteiger partial charge in [0.15, 0.2) is 36.3 Å². The Hall–Kier alpha value is -4.49. The number of phenols is 2. The molecule has 3 rings (SSSR count). The number of aromatic hydroxyl groups is 2. The first-order valence-electron chi connectivity index (χ1n) is 14.3. The van der Waals surface area contributed by atoms with Gasteiger partial charge in [0.25, 0.3) is 0 Å². The third-order valence-corrected chi connectivity index (χ3v) is 7.18. The van der Waals surface area contributed by atoms with Crippen LogP contribution in [0.3, 0.4) is 0 Å². The van der Waals surface area contributed by atoms with Crippen molar-refractivity contribution in [2.24, 2.45) is 0 Å². The highest BCUT2D eigenvalue weighted by molar-refractivity contribution is 5.93. The Morgan fingerprint density at radius 3 is 2.06 bits per heavy atom. The summed E-state index contributed by atoms with van der Waals surface area (Å²) in [6, 6.07) is 3.56. The molecule has 0 radical (unpaired) electrons. The molecule has 2 unspecified atom stereocenters. The smallest absolute Gasteiger partial charge is 0.348 e. The van der Waals surface area contributed by atoms with E-state index in [1.54, 1.807) is 0 Å². The van der Waals surface area contributed by atoms with Crippen LogP contribution in [-0.4, -0.2) is 173 Å². The van der Waals surface area contributed by atoms with Gasteiger partial charge in [-0.1, -0.05) is 6.07 Å². The van der Waals surface area contributed by atoms with Crippen molar-refractivity contribution in [3.05, 3.63) is 29.8 Å². The molecule has 278 valence electrons. The minimum absolute atomic E-state index is 0.230. The van der Waals surface area contributed by atoms with Gasteiger partial charge in [0.2, 0.25) is 6.10 Å². The molecule has 2 aliphatic rings. The second-order valence-electron chi connectivity index (χ2n) is 10.7. The molecule has 1 aromatic rings. The van der Waals surface area contributed by atoms with Gasteiger partial charge in [0, 0.05) is 6.08 Å². The zero-order valence-corrected chi connectivity index (χ0v) is 25.3. The minimum atomic E-state index is -2.66. The van der Waals surface area contributed by atoms with Gasteiger partial charge in [0.1, 0.15) is 55.8 Å². The van der Waals surface area contributed by atoms with Crippen molar-refractivity contribution in [3.63, 3.8) is 0 Å². The fraction of sp³-hybridized carbons (Fsp3) is 0.536. The lowest BCUT2D eigenvalue weighted by Crippen LogP contribution is -2.65. The molecule has 2 aliphatic heterocycles. The highest BCUT2D eigenvalue weighted by atomic mass is 16.7. The Kier molecular flexibility index (Phi) is 13.9. The monoisotopic (exact) mass is 722 g/mol. The zero-order chi connectivity index (χ0) is 37.4. The van der Waals surface area contributed by atoms with E-state index in [0.29, 0.717) is 0 Å². The summed E-state index contributed by atoms with van der Waals surface area (Å²) in [6.45, 7) is -1.84. The number of carboxylic acid groups (broad SMARTS) is 2. The number of ether oxygens (including phenoxy) is 6. The lowest BCUT2D eigenvalue weighted by Gasteiger charge is -2.45. The summed E-state index contributed by atoms with van der Waals surface area (Å²) in [6.07, 6.45) is -23.7. The van der Waals surface area contributed by atoms with E-state index < -0.39 is 135 Å². The van der Waals surface area contributed by atoms with Crippen LogP contribution < -0.4 is 0 Å². The normalized spacial score (nSPS) is 30.9. The van der Waals surface area contributed by atoms with Crippen LogP contribution in [0, 0.1) is 0 Å². The van der Waals surface area contributed by atoms with Crippen molar-refractivity contribution < 1.29 is 109 Å². The number of aliphatic carboxylic acids is 2. The summed E-state index contributed by atoms with van der Waals surface area (Å²) in [5.41, 5.74) is 0.230. The van der Waals surface area contributed by atoms with Gasteiger partial charge < -0.3 is 84.6 Å². The van der Waals surface area contributed by atoms with Gasteiger partial charge in [-0.3, -0.25) is 9.59 Å². The van der Waals surface area contributed by atoms with Gasteiger partial charge in [-0.05, 0) is 23.8 Å². The van der Waals surface area contributed by atoms with E-state index in [0.717, 1.165) is 24.3 Å². The highest BCUT2D eigenvalue weighted by Crippen LogP contribution is 2.30. The molecule has 50 heavy (non-hydrogen) atoms. The average molecular weight is 723 g/mol. The van der Waals surface area contributed by atoms with Crippen LogP contribution in [0.25, 0.3) is 6.08 Å². The van der Waals surface area contributed by atoms with E-state index in [-0.39, 0.29) is 5.56 Å². The van der Waals surface area contributed by atoms with Crippen LogP contribution in [-0.2, 0) is 52.4 Å². The maximum Gasteiger partial charge on any atom is 0.348 e. The Morgan fingerprint density at radius 1 is 0.820 bits per heavy atom. The van der Waals surface area contributed by atoms with E-state index in [1.807, 2.05) is 0 Å². The van der Waals surface area contributed by atoms with E-state index in [9.17, 15) is 69.9 Å². The quantitative estimate of drug-likeness (QED) is 0.0281. The number of hydrogen-bond donors (Lipinski definition) is 11. The fourth-order valence-corrected chi connectivity index (χ4v) is 4.54. The number of phenolic OH excluding ortho intramolecular Hbond substituents is 2. The molecule has 1 aromatic carbocycles. The number of carboxylic acids is 2. The molecule has 22 nitrogen and oxygen atoms in total. The number of carbonyl (C=O) groups excluding carboxylic acids is 3. The van der Waals surface area contributed by atoms with Crippen molar-refractivity contribution in [2.45, 2.75) is 80.0 Å². The number of benzene rings is 1. The van der Waals surface area contributed by atoms with Gasteiger partial charge >= 0.3 is 29.8 Å². The largest absolute Gasteiger partial charge is 0.504 e. The summed E-state index contributed by atoms with van der Waals surface area (Å²) >= 11 is 0. The predicted molar refractivity (Wildman–Crippen MR) is 151 cm³/mol.